The number of fused-ring (bicyclic) bond motifs is 10. The van der Waals surface area contributed by atoms with Crippen LogP contribution in [0.4, 0.5) is 51.2 Å². The molecule has 1 atom stereocenters. The number of allylic oxidation sites excluding steroid dienone is 5. The molecule has 0 radical (unpaired) electrons. The van der Waals surface area contributed by atoms with E-state index in [1.807, 2.05) is 48.5 Å². The Morgan fingerprint density at radius 3 is 1.12 bits per heavy atom. The fraction of sp³-hybridized carbons (Fsp3) is 0.0179. The number of rotatable bonds is 18. The predicted octanol–water partition coefficient (Wildman–Crippen LogP) is 30.8. The highest BCUT2D eigenvalue weighted by atomic mass is 16.3. The first kappa shape index (κ1) is 70.4. The number of para-hydroxylation sites is 3. The van der Waals surface area contributed by atoms with Gasteiger partial charge in [-0.15, -0.1) is 0 Å². The molecule has 3 heterocycles. The highest BCUT2D eigenvalue weighted by Crippen LogP contribution is 2.65. The molecule has 0 fully saturated rings. The van der Waals surface area contributed by atoms with Crippen LogP contribution in [0.15, 0.2) is 464 Å². The third-order valence-corrected chi connectivity index (χ3v) is 23.6. The second-order valence-electron chi connectivity index (χ2n) is 30.3. The molecule has 0 saturated heterocycles. The Kier molecular flexibility index (Phi) is 17.8. The first-order valence-electron chi connectivity index (χ1n) is 40.3. The van der Waals surface area contributed by atoms with Gasteiger partial charge in [-0.3, -0.25) is 0 Å². The maximum absolute atomic E-state index is 6.50. The van der Waals surface area contributed by atoms with E-state index in [9.17, 15) is 0 Å². The molecule has 19 aromatic rings. The molecule has 1 spiro atoms. The lowest BCUT2D eigenvalue weighted by Gasteiger charge is -2.32. The molecular weight excluding hydrogens is 1430 g/mol. The van der Waals surface area contributed by atoms with Crippen molar-refractivity contribution in [3.05, 3.63) is 483 Å². The molecule has 2 aliphatic carbocycles. The zero-order valence-corrected chi connectivity index (χ0v) is 65.0. The van der Waals surface area contributed by atoms with Crippen LogP contribution in [0, 0.1) is 0 Å². The second kappa shape index (κ2) is 29.8. The summed E-state index contributed by atoms with van der Waals surface area (Å²) in [6.07, 6.45) is 4.70. The first-order valence-corrected chi connectivity index (χ1v) is 40.3. The summed E-state index contributed by atoms with van der Waals surface area (Å²) in [6.45, 7) is 7.16. The zero-order valence-electron chi connectivity index (χ0n) is 65.0. The molecule has 6 heteroatoms. The van der Waals surface area contributed by atoms with Crippen molar-refractivity contribution in [2.45, 2.75) is 12.3 Å². The molecule has 0 bridgehead atoms. The fourth-order valence-electron chi connectivity index (χ4n) is 18.1. The van der Waals surface area contributed by atoms with Gasteiger partial charge in [-0.25, -0.2) is 0 Å². The van der Waals surface area contributed by atoms with Crippen LogP contribution in [-0.2, 0) is 5.41 Å². The summed E-state index contributed by atoms with van der Waals surface area (Å²) in [5, 5.41) is 2.42. The first-order chi connectivity index (χ1) is 58.4. The van der Waals surface area contributed by atoms with Gasteiger partial charge in [0.15, 0.2) is 0 Å². The summed E-state index contributed by atoms with van der Waals surface area (Å²) >= 11 is 0. The summed E-state index contributed by atoms with van der Waals surface area (Å²) in [7, 11) is 0. The zero-order chi connectivity index (χ0) is 78.6. The topological polar surface area (TPSA) is 40.9 Å². The Morgan fingerprint density at radius 1 is 0.280 bits per heavy atom. The average Bonchev–Trinajstić information content (AvgIpc) is 1.51. The highest BCUT2D eigenvalue weighted by molar-refractivity contribution is 6.11. The molecule has 2 aliphatic rings. The predicted molar refractivity (Wildman–Crippen MR) is 491 cm³/mol. The second-order valence-corrected chi connectivity index (χ2v) is 30.3. The largest absolute Gasteiger partial charge is 0.456 e. The maximum Gasteiger partial charge on any atom is 0.134 e. The van der Waals surface area contributed by atoms with Crippen molar-refractivity contribution in [1.82, 2.24) is 4.57 Å². The Morgan fingerprint density at radius 2 is 0.619 bits per heavy atom. The minimum Gasteiger partial charge on any atom is -0.456 e. The number of aromatic nitrogens is 1. The van der Waals surface area contributed by atoms with E-state index >= 15 is 0 Å². The Bertz CT molecular complexity index is 7010. The standard InChI is InChI=1S/C112H78N4O2/c1-3-102-101(97-36-20-23-39-104(97)112(102)103-38-22-19-35-96(103)98-67-65-94(74-105(98)112)115(93-59-43-79(44-60-93)78-25-9-4-10-26-78)95-66-68-100-99-37-21-24-40-106(99)116(107(100)75-95)87-33-17-8-18-34-87)73-76(2)77-41-53-88(54-42-77)114(92-63-51-85(52-64-92)111-72-70-109(118-111)83-29-13-6-14-30-83)90-57-47-81(48-58-90)80-45-55-89(56-46-80)113(86-31-15-7-16-32-86)91-61-49-84(50-62-91)110-71-69-108(117-110)82-27-11-5-12-28-82/h3-75H,2H2,1H3/b101-73?,102-3+. The smallest absolute Gasteiger partial charge is 0.134 e. The van der Waals surface area contributed by atoms with Crippen LogP contribution in [0.1, 0.15) is 34.7 Å². The summed E-state index contributed by atoms with van der Waals surface area (Å²) in [4.78, 5) is 7.08. The van der Waals surface area contributed by atoms with Gasteiger partial charge in [0.1, 0.15) is 23.0 Å². The van der Waals surface area contributed by atoms with Gasteiger partial charge in [0.2, 0.25) is 0 Å². The molecule has 118 heavy (non-hydrogen) atoms. The SMILES string of the molecule is C=C(C=C1/C(=C\C)C2(c3ccccc31)c1ccccc1-c1ccc(N(c3ccc(-c4ccccc4)cc3)c3ccc4c5ccccc5n(-c5ccccc5)c4c3)cc12)c1ccc(N(c2ccc(-c3ccc(N(c4ccccc4)c4ccc(-c5ccc(-c6ccccc6)o5)cc4)cc3)cc2)c2ccc(-c3ccc(-c4ccccc4)o3)cc2)cc1. The minimum absolute atomic E-state index is 0.667. The van der Waals surface area contributed by atoms with Crippen LogP contribution in [0.2, 0.25) is 0 Å². The number of benzene rings is 16. The number of furan rings is 2. The van der Waals surface area contributed by atoms with E-state index in [0.717, 1.165) is 141 Å². The molecule has 558 valence electrons. The van der Waals surface area contributed by atoms with Crippen LogP contribution in [-0.4, -0.2) is 4.57 Å². The van der Waals surface area contributed by atoms with Crippen molar-refractivity contribution >= 4 is 84.1 Å². The Balaban J connectivity index is 0.620. The van der Waals surface area contributed by atoms with E-state index in [0.29, 0.717) is 0 Å². The van der Waals surface area contributed by atoms with Gasteiger partial charge < -0.3 is 28.1 Å². The number of nitrogens with zero attached hydrogens (tertiary/aromatic N) is 4. The number of anilines is 9. The van der Waals surface area contributed by atoms with Gasteiger partial charge in [-0.2, -0.15) is 0 Å². The van der Waals surface area contributed by atoms with Gasteiger partial charge in [0.05, 0.1) is 16.4 Å². The van der Waals surface area contributed by atoms with Crippen LogP contribution in [0.3, 0.4) is 0 Å². The Labute approximate surface area is 687 Å². The van der Waals surface area contributed by atoms with Crippen molar-refractivity contribution in [1.29, 1.82) is 0 Å². The van der Waals surface area contributed by atoms with Crippen molar-refractivity contribution in [3.63, 3.8) is 0 Å². The lowest BCUT2D eigenvalue weighted by molar-refractivity contribution is 0.597. The van der Waals surface area contributed by atoms with Crippen LogP contribution in [0.25, 0.3) is 117 Å². The van der Waals surface area contributed by atoms with Crippen molar-refractivity contribution in [2.24, 2.45) is 0 Å². The minimum atomic E-state index is -0.667. The Hall–Kier alpha value is -15.5. The van der Waals surface area contributed by atoms with Crippen molar-refractivity contribution in [2.75, 3.05) is 14.7 Å². The summed E-state index contributed by atoms with van der Waals surface area (Å²) in [5.41, 5.74) is 32.5. The fourth-order valence-corrected chi connectivity index (χ4v) is 18.1. The molecule has 0 aliphatic heterocycles. The van der Waals surface area contributed by atoms with E-state index in [2.05, 4.69) is 421 Å². The molecule has 21 rings (SSSR count). The van der Waals surface area contributed by atoms with E-state index in [4.69, 9.17) is 15.4 Å². The van der Waals surface area contributed by atoms with E-state index in [-0.39, 0.29) is 0 Å². The third-order valence-electron chi connectivity index (χ3n) is 23.6. The quantitative estimate of drug-likeness (QED) is 0.0856. The van der Waals surface area contributed by atoms with E-state index in [1.54, 1.807) is 0 Å². The lowest BCUT2D eigenvalue weighted by Crippen LogP contribution is -2.26. The van der Waals surface area contributed by atoms with Gasteiger partial charge in [-0.1, -0.05) is 267 Å². The molecular formula is C112H78N4O2. The summed E-state index contributed by atoms with van der Waals surface area (Å²) in [6, 6.07) is 155. The molecule has 0 saturated carbocycles. The molecule has 6 nitrogen and oxygen atoms in total. The van der Waals surface area contributed by atoms with Gasteiger partial charge in [0.25, 0.3) is 0 Å². The summed E-state index contributed by atoms with van der Waals surface area (Å²) < 4.78 is 15.3. The lowest BCUT2D eigenvalue weighted by atomic mass is 9.70. The molecule has 16 aromatic carbocycles. The van der Waals surface area contributed by atoms with Crippen molar-refractivity contribution < 1.29 is 8.83 Å². The van der Waals surface area contributed by atoms with Crippen molar-refractivity contribution in [3.8, 4) is 84.4 Å². The maximum atomic E-state index is 6.50. The van der Waals surface area contributed by atoms with E-state index in [1.165, 1.54) is 60.8 Å². The molecule has 1 unspecified atom stereocenters. The van der Waals surface area contributed by atoms with Gasteiger partial charge >= 0.3 is 0 Å². The third kappa shape index (κ3) is 12.4. The molecule has 0 amide bonds. The molecule has 3 aromatic heterocycles. The monoisotopic (exact) mass is 1510 g/mol. The normalized spacial score (nSPS) is 13.9. The van der Waals surface area contributed by atoms with Crippen LogP contribution >= 0.6 is 0 Å². The van der Waals surface area contributed by atoms with Gasteiger partial charge in [0, 0.05) is 89.9 Å². The molecule has 0 N–H and O–H groups in total. The van der Waals surface area contributed by atoms with Crippen LogP contribution < -0.4 is 14.7 Å². The highest BCUT2D eigenvalue weighted by Gasteiger charge is 2.53. The summed E-state index contributed by atoms with van der Waals surface area (Å²) in [5.74, 6) is 3.31. The number of hydrogen-bond acceptors (Lipinski definition) is 5. The van der Waals surface area contributed by atoms with Crippen LogP contribution in [0.5, 0.6) is 0 Å². The average molecular weight is 1510 g/mol. The van der Waals surface area contributed by atoms with Gasteiger partial charge in [-0.05, 0) is 267 Å². The number of hydrogen-bond donors (Lipinski definition) is 0. The van der Waals surface area contributed by atoms with E-state index < -0.39 is 5.41 Å².